The number of aromatic nitrogens is 2. The van der Waals surface area contributed by atoms with Crippen LogP contribution in [-0.2, 0) is 6.54 Å². The lowest BCUT2D eigenvalue weighted by molar-refractivity contribution is 0.665. The van der Waals surface area contributed by atoms with E-state index in [2.05, 4.69) is 77.1 Å². The number of fused-ring (bicyclic) bond motifs is 6. The minimum atomic E-state index is 1.08. The second-order valence-corrected chi connectivity index (χ2v) is 6.61. The van der Waals surface area contributed by atoms with Crippen LogP contribution >= 0.6 is 0 Å². The third-order valence-electron chi connectivity index (χ3n) is 5.13. The van der Waals surface area contributed by atoms with Crippen LogP contribution in [0.1, 0.15) is 19.8 Å². The van der Waals surface area contributed by atoms with Gasteiger partial charge < -0.3 is 9.55 Å². The van der Waals surface area contributed by atoms with Gasteiger partial charge in [0.2, 0.25) is 0 Å². The third kappa shape index (κ3) is 1.83. The van der Waals surface area contributed by atoms with Crippen molar-refractivity contribution < 1.29 is 0 Å². The fourth-order valence-corrected chi connectivity index (χ4v) is 3.95. The largest absolute Gasteiger partial charge is 0.354 e. The van der Waals surface area contributed by atoms with E-state index in [0.717, 1.165) is 6.54 Å². The molecule has 0 saturated carbocycles. The molecule has 2 heteroatoms. The summed E-state index contributed by atoms with van der Waals surface area (Å²) in [6.07, 6.45) is 2.42. The van der Waals surface area contributed by atoms with E-state index in [9.17, 15) is 0 Å². The highest BCUT2D eigenvalue weighted by Gasteiger charge is 2.13. The molecule has 0 amide bonds. The second kappa shape index (κ2) is 5.13. The predicted octanol–water partition coefficient (Wildman–Crippen LogP) is 6.23. The number of para-hydroxylation sites is 2. The maximum Gasteiger partial charge on any atom is 0.0499 e. The number of rotatable bonds is 3. The van der Waals surface area contributed by atoms with Crippen LogP contribution in [0.25, 0.3) is 43.6 Å². The first-order valence-electron chi connectivity index (χ1n) is 8.78. The van der Waals surface area contributed by atoms with Gasteiger partial charge in [-0.25, -0.2) is 0 Å². The van der Waals surface area contributed by atoms with Crippen molar-refractivity contribution in [3.63, 3.8) is 0 Å². The molecule has 0 unspecified atom stereocenters. The molecule has 0 atom stereocenters. The highest BCUT2D eigenvalue weighted by molar-refractivity contribution is 6.17. The van der Waals surface area contributed by atoms with Crippen molar-refractivity contribution in [1.82, 2.24) is 9.55 Å². The molecule has 5 rings (SSSR count). The van der Waals surface area contributed by atoms with Crippen LogP contribution in [0, 0.1) is 0 Å². The molecule has 2 aromatic heterocycles. The zero-order valence-corrected chi connectivity index (χ0v) is 13.8. The molecule has 118 valence electrons. The molecule has 5 aromatic rings. The van der Waals surface area contributed by atoms with E-state index in [1.807, 2.05) is 0 Å². The van der Waals surface area contributed by atoms with Gasteiger partial charge in [0.1, 0.15) is 0 Å². The van der Waals surface area contributed by atoms with Gasteiger partial charge in [-0.3, -0.25) is 0 Å². The molecule has 24 heavy (non-hydrogen) atoms. The Morgan fingerprint density at radius 1 is 0.750 bits per heavy atom. The Bertz CT molecular complexity index is 1190. The van der Waals surface area contributed by atoms with Crippen LogP contribution in [0.5, 0.6) is 0 Å². The molecule has 0 saturated heterocycles. The molecule has 2 nitrogen and oxygen atoms in total. The predicted molar refractivity (Wildman–Crippen MR) is 104 cm³/mol. The van der Waals surface area contributed by atoms with E-state index < -0.39 is 0 Å². The molecule has 3 aromatic carbocycles. The van der Waals surface area contributed by atoms with Crippen molar-refractivity contribution in [2.45, 2.75) is 26.3 Å². The van der Waals surface area contributed by atoms with E-state index >= 15 is 0 Å². The van der Waals surface area contributed by atoms with E-state index in [-0.39, 0.29) is 0 Å². The summed E-state index contributed by atoms with van der Waals surface area (Å²) in [6.45, 7) is 3.33. The number of H-pyrrole nitrogens is 1. The zero-order valence-electron chi connectivity index (χ0n) is 13.8. The normalized spacial score (nSPS) is 12.0. The van der Waals surface area contributed by atoms with E-state index in [1.165, 1.54) is 56.5 Å². The first-order valence-corrected chi connectivity index (χ1v) is 8.78. The first-order chi connectivity index (χ1) is 11.9. The minimum Gasteiger partial charge on any atom is -0.354 e. The summed E-state index contributed by atoms with van der Waals surface area (Å²) in [7, 11) is 0. The second-order valence-electron chi connectivity index (χ2n) is 6.61. The molecule has 0 bridgehead atoms. The summed E-state index contributed by atoms with van der Waals surface area (Å²) in [4.78, 5) is 3.58. The minimum absolute atomic E-state index is 1.08. The lowest BCUT2D eigenvalue weighted by Gasteiger charge is -2.06. The quantitative estimate of drug-likeness (QED) is 0.408. The number of nitrogens with one attached hydrogen (secondary N) is 1. The average molecular weight is 312 g/mol. The summed E-state index contributed by atoms with van der Waals surface area (Å²) in [5.74, 6) is 0. The fraction of sp³-hybridized carbons (Fsp3) is 0.182. The summed E-state index contributed by atoms with van der Waals surface area (Å²) >= 11 is 0. The summed E-state index contributed by atoms with van der Waals surface area (Å²) in [6, 6.07) is 22.1. The summed E-state index contributed by atoms with van der Waals surface area (Å²) in [5, 5.41) is 5.32. The van der Waals surface area contributed by atoms with Crippen molar-refractivity contribution in [2.75, 3.05) is 0 Å². The molecule has 0 fully saturated rings. The van der Waals surface area contributed by atoms with Crippen LogP contribution in [0.4, 0.5) is 0 Å². The Morgan fingerprint density at radius 3 is 2.42 bits per heavy atom. The average Bonchev–Trinajstić information content (AvgIpc) is 3.13. The zero-order chi connectivity index (χ0) is 16.1. The summed E-state index contributed by atoms with van der Waals surface area (Å²) < 4.78 is 2.50. The van der Waals surface area contributed by atoms with Gasteiger partial charge in [0.15, 0.2) is 0 Å². The summed E-state index contributed by atoms with van der Waals surface area (Å²) in [5.41, 5.74) is 5.13. The standard InChI is InChI=1S/C22H20N2/c1-2-3-12-24-21-11-7-5-9-16(21)18-13-20-17(14-22(18)24)15-8-4-6-10-19(15)23-20/h4-11,13-14,23H,2-3,12H2,1H3. The van der Waals surface area contributed by atoms with Crippen molar-refractivity contribution in [3.8, 4) is 0 Å². The van der Waals surface area contributed by atoms with E-state index in [1.54, 1.807) is 0 Å². The monoisotopic (exact) mass is 312 g/mol. The number of hydrogen-bond acceptors (Lipinski definition) is 0. The van der Waals surface area contributed by atoms with Gasteiger partial charge in [-0.15, -0.1) is 0 Å². The first kappa shape index (κ1) is 13.7. The van der Waals surface area contributed by atoms with Crippen LogP contribution in [0.3, 0.4) is 0 Å². The van der Waals surface area contributed by atoms with Gasteiger partial charge in [0.05, 0.1) is 0 Å². The van der Waals surface area contributed by atoms with Crippen molar-refractivity contribution in [2.24, 2.45) is 0 Å². The SMILES string of the molecule is CCCCn1c2ccccc2c2cc3[nH]c4ccccc4c3cc21. The van der Waals surface area contributed by atoms with Crippen LogP contribution < -0.4 is 0 Å². The highest BCUT2D eigenvalue weighted by atomic mass is 15.0. The molecular formula is C22H20N2. The number of aryl methyl sites for hydroxylation is 1. The molecule has 1 N–H and O–H groups in total. The number of benzene rings is 3. The number of hydrogen-bond donors (Lipinski definition) is 1. The Labute approximate surface area is 140 Å². The van der Waals surface area contributed by atoms with Gasteiger partial charge >= 0.3 is 0 Å². The lowest BCUT2D eigenvalue weighted by Crippen LogP contribution is -1.96. The van der Waals surface area contributed by atoms with Gasteiger partial charge in [0.25, 0.3) is 0 Å². The third-order valence-corrected chi connectivity index (χ3v) is 5.13. The topological polar surface area (TPSA) is 20.7 Å². The van der Waals surface area contributed by atoms with Gasteiger partial charge in [-0.1, -0.05) is 49.7 Å². The number of aromatic amines is 1. The van der Waals surface area contributed by atoms with Gasteiger partial charge in [-0.05, 0) is 30.7 Å². The molecule has 0 aliphatic heterocycles. The molecule has 0 aliphatic carbocycles. The van der Waals surface area contributed by atoms with Crippen LogP contribution in [0.2, 0.25) is 0 Å². The van der Waals surface area contributed by atoms with E-state index in [0.29, 0.717) is 0 Å². The van der Waals surface area contributed by atoms with Crippen LogP contribution in [-0.4, -0.2) is 9.55 Å². The van der Waals surface area contributed by atoms with Crippen molar-refractivity contribution in [3.05, 3.63) is 60.7 Å². The maximum atomic E-state index is 3.58. The fourth-order valence-electron chi connectivity index (χ4n) is 3.95. The van der Waals surface area contributed by atoms with Crippen molar-refractivity contribution >= 4 is 43.6 Å². The molecule has 0 radical (unpaired) electrons. The smallest absolute Gasteiger partial charge is 0.0499 e. The Balaban J connectivity index is 1.94. The van der Waals surface area contributed by atoms with E-state index in [4.69, 9.17) is 0 Å². The maximum absolute atomic E-state index is 3.58. The van der Waals surface area contributed by atoms with Crippen LogP contribution in [0.15, 0.2) is 60.7 Å². The number of unbranched alkanes of at least 4 members (excludes halogenated alkanes) is 1. The molecule has 2 heterocycles. The highest BCUT2D eigenvalue weighted by Crippen LogP contribution is 2.35. The van der Waals surface area contributed by atoms with Crippen molar-refractivity contribution in [1.29, 1.82) is 0 Å². The number of nitrogens with zero attached hydrogens (tertiary/aromatic N) is 1. The van der Waals surface area contributed by atoms with Gasteiger partial charge in [0, 0.05) is 50.2 Å². The molecule has 0 spiro atoms. The lowest BCUT2D eigenvalue weighted by atomic mass is 10.1. The van der Waals surface area contributed by atoms with Gasteiger partial charge in [-0.2, -0.15) is 0 Å². The molecule has 0 aliphatic rings. The Morgan fingerprint density at radius 2 is 1.54 bits per heavy atom. The Hall–Kier alpha value is -2.74. The molecular weight excluding hydrogens is 292 g/mol. The Kier molecular flexibility index (Phi) is 2.93.